The number of ether oxygens (including phenoxy) is 1. The highest BCUT2D eigenvalue weighted by Crippen LogP contribution is 2.19. The summed E-state index contributed by atoms with van der Waals surface area (Å²) < 4.78 is 5.32. The third-order valence-corrected chi connectivity index (χ3v) is 4.72. The fraction of sp³-hybridized carbons (Fsp3) is 0.304. The monoisotopic (exact) mass is 438 g/mol. The molecule has 1 heterocycles. The fourth-order valence-corrected chi connectivity index (χ4v) is 3.23. The number of carbonyl (C=O) groups is 2. The summed E-state index contributed by atoms with van der Waals surface area (Å²) in [5.41, 5.74) is 1.79. The standard InChI is InChI=1S/C23H26N4O5/c1-23(2,3)32-22(29)26-20(12-16-14-24-19-7-5-4-6-18(16)19)21(28)25-13-15-8-10-17(11-9-15)27(30)31/h4-11,14,20,24H,12-13H2,1-3H3,(H,25,28)(H,26,29)/t20-/m1/s1. The van der Waals surface area contributed by atoms with E-state index >= 15 is 0 Å². The van der Waals surface area contributed by atoms with E-state index in [9.17, 15) is 19.7 Å². The molecular formula is C23H26N4O5. The lowest BCUT2D eigenvalue weighted by Crippen LogP contribution is -2.49. The van der Waals surface area contributed by atoms with E-state index in [4.69, 9.17) is 4.74 Å². The van der Waals surface area contributed by atoms with Crippen LogP contribution >= 0.6 is 0 Å². The van der Waals surface area contributed by atoms with Crippen molar-refractivity contribution in [2.24, 2.45) is 0 Å². The first-order chi connectivity index (χ1) is 15.1. The maximum absolute atomic E-state index is 13.0. The van der Waals surface area contributed by atoms with E-state index in [1.807, 2.05) is 30.5 Å². The van der Waals surface area contributed by atoms with Crippen molar-refractivity contribution in [3.8, 4) is 0 Å². The first-order valence-corrected chi connectivity index (χ1v) is 10.2. The summed E-state index contributed by atoms with van der Waals surface area (Å²) in [7, 11) is 0. The topological polar surface area (TPSA) is 126 Å². The molecule has 0 radical (unpaired) electrons. The molecule has 0 saturated heterocycles. The lowest BCUT2D eigenvalue weighted by atomic mass is 10.0. The molecule has 32 heavy (non-hydrogen) atoms. The summed E-state index contributed by atoms with van der Waals surface area (Å²) in [5, 5.41) is 17.2. The van der Waals surface area contributed by atoms with E-state index in [2.05, 4.69) is 15.6 Å². The Morgan fingerprint density at radius 3 is 2.47 bits per heavy atom. The second kappa shape index (κ2) is 9.51. The summed E-state index contributed by atoms with van der Waals surface area (Å²) in [5.74, 6) is -0.389. The van der Waals surface area contributed by atoms with Gasteiger partial charge in [-0.2, -0.15) is 0 Å². The second-order valence-electron chi connectivity index (χ2n) is 8.40. The van der Waals surface area contributed by atoms with E-state index in [1.54, 1.807) is 32.9 Å². The van der Waals surface area contributed by atoms with Gasteiger partial charge in [0.2, 0.25) is 5.91 Å². The molecule has 3 aromatic rings. The van der Waals surface area contributed by atoms with Gasteiger partial charge in [-0.15, -0.1) is 0 Å². The van der Waals surface area contributed by atoms with Crippen LogP contribution < -0.4 is 10.6 Å². The van der Waals surface area contributed by atoms with Gasteiger partial charge in [0, 0.05) is 42.2 Å². The number of hydrogen-bond acceptors (Lipinski definition) is 5. The number of fused-ring (bicyclic) bond motifs is 1. The number of benzene rings is 2. The number of carbonyl (C=O) groups excluding carboxylic acids is 2. The highest BCUT2D eigenvalue weighted by molar-refractivity contribution is 5.88. The molecule has 0 saturated carbocycles. The molecule has 0 spiro atoms. The van der Waals surface area contributed by atoms with Crippen LogP contribution in [0, 0.1) is 10.1 Å². The van der Waals surface area contributed by atoms with E-state index < -0.39 is 22.7 Å². The Hall–Kier alpha value is -3.88. The van der Waals surface area contributed by atoms with E-state index in [1.165, 1.54) is 12.1 Å². The van der Waals surface area contributed by atoms with E-state index in [0.29, 0.717) is 5.56 Å². The van der Waals surface area contributed by atoms with Crippen molar-refractivity contribution >= 4 is 28.6 Å². The highest BCUT2D eigenvalue weighted by Gasteiger charge is 2.25. The number of para-hydroxylation sites is 1. The van der Waals surface area contributed by atoms with Gasteiger partial charge >= 0.3 is 6.09 Å². The van der Waals surface area contributed by atoms with Crippen molar-refractivity contribution in [3.05, 3.63) is 76.0 Å². The number of nitrogens with zero attached hydrogens (tertiary/aromatic N) is 1. The van der Waals surface area contributed by atoms with Crippen LogP contribution in [0.5, 0.6) is 0 Å². The van der Waals surface area contributed by atoms with Gasteiger partial charge in [0.05, 0.1) is 4.92 Å². The molecule has 1 atom stereocenters. The number of hydrogen-bond donors (Lipinski definition) is 3. The number of H-pyrrole nitrogens is 1. The highest BCUT2D eigenvalue weighted by atomic mass is 16.6. The number of nitro benzene ring substituents is 1. The van der Waals surface area contributed by atoms with Gasteiger partial charge in [-0.1, -0.05) is 30.3 Å². The van der Waals surface area contributed by atoms with Crippen LogP contribution in [0.4, 0.5) is 10.5 Å². The van der Waals surface area contributed by atoms with E-state index in [0.717, 1.165) is 16.5 Å². The first-order valence-electron chi connectivity index (χ1n) is 10.2. The number of amides is 2. The van der Waals surface area contributed by atoms with E-state index in [-0.39, 0.29) is 24.6 Å². The van der Waals surface area contributed by atoms with Gasteiger partial charge in [-0.25, -0.2) is 4.79 Å². The predicted octanol–water partition coefficient (Wildman–Crippen LogP) is 3.83. The molecule has 0 bridgehead atoms. The zero-order chi connectivity index (χ0) is 23.3. The Kier molecular flexibility index (Phi) is 6.77. The minimum atomic E-state index is -0.873. The lowest BCUT2D eigenvalue weighted by Gasteiger charge is -2.23. The molecule has 0 fully saturated rings. The normalized spacial score (nSPS) is 12.2. The number of rotatable bonds is 7. The fourth-order valence-electron chi connectivity index (χ4n) is 3.23. The smallest absolute Gasteiger partial charge is 0.408 e. The summed E-state index contributed by atoms with van der Waals surface area (Å²) in [6, 6.07) is 12.7. The van der Waals surface area contributed by atoms with Crippen molar-refractivity contribution in [1.29, 1.82) is 0 Å². The van der Waals surface area contributed by atoms with Crippen molar-refractivity contribution in [2.45, 2.75) is 45.4 Å². The molecule has 9 heteroatoms. The maximum atomic E-state index is 13.0. The number of alkyl carbamates (subject to hydrolysis) is 1. The summed E-state index contributed by atoms with van der Waals surface area (Å²) in [6.07, 6.45) is 1.39. The van der Waals surface area contributed by atoms with Crippen LogP contribution in [-0.4, -0.2) is 33.6 Å². The van der Waals surface area contributed by atoms with Crippen LogP contribution in [0.1, 0.15) is 31.9 Å². The minimum Gasteiger partial charge on any atom is -0.444 e. The summed E-state index contributed by atoms with van der Waals surface area (Å²) >= 11 is 0. The van der Waals surface area contributed by atoms with Crippen molar-refractivity contribution < 1.29 is 19.2 Å². The van der Waals surface area contributed by atoms with Gasteiger partial charge in [-0.3, -0.25) is 14.9 Å². The van der Waals surface area contributed by atoms with Crippen molar-refractivity contribution in [2.75, 3.05) is 0 Å². The molecule has 3 rings (SSSR count). The van der Waals surface area contributed by atoms with Crippen LogP contribution in [0.25, 0.3) is 10.9 Å². The van der Waals surface area contributed by atoms with Gasteiger partial charge in [0.1, 0.15) is 11.6 Å². The zero-order valence-electron chi connectivity index (χ0n) is 18.2. The first kappa shape index (κ1) is 22.8. The van der Waals surface area contributed by atoms with Gasteiger partial charge in [0.15, 0.2) is 0 Å². The number of nitrogens with one attached hydrogen (secondary N) is 3. The second-order valence-corrected chi connectivity index (χ2v) is 8.40. The van der Waals surface area contributed by atoms with Crippen molar-refractivity contribution in [1.82, 2.24) is 15.6 Å². The van der Waals surface area contributed by atoms with Gasteiger partial charge in [-0.05, 0) is 38.0 Å². The molecule has 168 valence electrons. The van der Waals surface area contributed by atoms with Crippen LogP contribution in [0.3, 0.4) is 0 Å². The third kappa shape index (κ3) is 6.07. The molecule has 0 aliphatic rings. The lowest BCUT2D eigenvalue weighted by molar-refractivity contribution is -0.384. The van der Waals surface area contributed by atoms with Crippen LogP contribution in [0.2, 0.25) is 0 Å². The number of aromatic nitrogens is 1. The number of non-ortho nitro benzene ring substituents is 1. The molecule has 0 aliphatic heterocycles. The Morgan fingerprint density at radius 2 is 1.81 bits per heavy atom. The molecule has 0 aliphatic carbocycles. The Bertz CT molecular complexity index is 1120. The van der Waals surface area contributed by atoms with Crippen LogP contribution in [-0.2, 0) is 22.5 Å². The third-order valence-electron chi connectivity index (χ3n) is 4.72. The average Bonchev–Trinajstić information content (AvgIpc) is 3.13. The molecule has 0 unspecified atom stereocenters. The van der Waals surface area contributed by atoms with Gasteiger partial charge in [0.25, 0.3) is 5.69 Å². The Morgan fingerprint density at radius 1 is 1.12 bits per heavy atom. The molecule has 1 aromatic heterocycles. The molecule has 3 N–H and O–H groups in total. The Balaban J connectivity index is 1.73. The minimum absolute atomic E-state index is 0.0242. The maximum Gasteiger partial charge on any atom is 0.408 e. The number of nitro groups is 1. The quantitative estimate of drug-likeness (QED) is 0.382. The largest absolute Gasteiger partial charge is 0.444 e. The number of aromatic amines is 1. The van der Waals surface area contributed by atoms with Gasteiger partial charge < -0.3 is 20.4 Å². The summed E-state index contributed by atoms with van der Waals surface area (Å²) in [6.45, 7) is 5.40. The summed E-state index contributed by atoms with van der Waals surface area (Å²) in [4.78, 5) is 38.8. The van der Waals surface area contributed by atoms with Crippen LogP contribution in [0.15, 0.2) is 54.7 Å². The Labute approximate surface area is 185 Å². The molecular weight excluding hydrogens is 412 g/mol. The van der Waals surface area contributed by atoms with Crippen molar-refractivity contribution in [3.63, 3.8) is 0 Å². The predicted molar refractivity (Wildman–Crippen MR) is 120 cm³/mol. The zero-order valence-corrected chi connectivity index (χ0v) is 18.2. The SMILES string of the molecule is CC(C)(C)OC(=O)N[C@H](Cc1c[nH]c2ccccc12)C(=O)NCc1ccc([N+](=O)[O-])cc1. The molecule has 2 amide bonds. The molecule has 9 nitrogen and oxygen atoms in total. The average molecular weight is 438 g/mol. The molecule has 2 aromatic carbocycles.